The molecular formula is C18H24O4. The van der Waals surface area contributed by atoms with Crippen LogP contribution in [0.1, 0.15) is 56.8 Å². The zero-order valence-corrected chi connectivity index (χ0v) is 13.5. The predicted octanol–water partition coefficient (Wildman–Crippen LogP) is 3.98. The van der Waals surface area contributed by atoms with Crippen molar-refractivity contribution in [2.45, 2.75) is 52.6 Å². The van der Waals surface area contributed by atoms with E-state index < -0.39 is 0 Å². The summed E-state index contributed by atoms with van der Waals surface area (Å²) in [5.74, 6) is 0.653. The largest absolute Gasteiger partial charge is 0.459 e. The Hall–Kier alpha value is -1.84. The van der Waals surface area contributed by atoms with Crippen LogP contribution in [0.25, 0.3) is 0 Å². The molecule has 120 valence electrons. The highest BCUT2D eigenvalue weighted by atomic mass is 16.5. The van der Waals surface area contributed by atoms with Crippen molar-refractivity contribution >= 4 is 11.9 Å². The van der Waals surface area contributed by atoms with Crippen molar-refractivity contribution in [1.29, 1.82) is 0 Å². The Bertz CT molecular complexity index is 510. The smallest absolute Gasteiger partial charge is 0.338 e. The lowest BCUT2D eigenvalue weighted by Crippen LogP contribution is -2.24. The SMILES string of the molecule is CC1CCC(C(=O)Oc2ccc(C(=O)OC(C)C)cc2)CC1. The number of esters is 2. The van der Waals surface area contributed by atoms with Gasteiger partial charge in [0.1, 0.15) is 5.75 Å². The third-order valence-corrected chi connectivity index (χ3v) is 4.00. The molecule has 1 aromatic carbocycles. The Kier molecular flexibility index (Phi) is 5.58. The fourth-order valence-corrected chi connectivity index (χ4v) is 2.64. The number of carbonyl (C=O) groups excluding carboxylic acids is 2. The maximum atomic E-state index is 12.1. The van der Waals surface area contributed by atoms with Crippen molar-refractivity contribution in [2.24, 2.45) is 11.8 Å². The molecule has 0 N–H and O–H groups in total. The third kappa shape index (κ3) is 4.58. The molecule has 0 heterocycles. The fraction of sp³-hybridized carbons (Fsp3) is 0.556. The van der Waals surface area contributed by atoms with Gasteiger partial charge in [0, 0.05) is 0 Å². The molecule has 0 aromatic heterocycles. The van der Waals surface area contributed by atoms with Crippen LogP contribution in [0.5, 0.6) is 5.75 Å². The van der Waals surface area contributed by atoms with Gasteiger partial charge in [0.05, 0.1) is 17.6 Å². The first-order valence-electron chi connectivity index (χ1n) is 7.98. The van der Waals surface area contributed by atoms with Gasteiger partial charge in [-0.2, -0.15) is 0 Å². The first-order chi connectivity index (χ1) is 10.5. The monoisotopic (exact) mass is 304 g/mol. The topological polar surface area (TPSA) is 52.6 Å². The molecule has 1 aromatic rings. The Morgan fingerprint density at radius 3 is 2.18 bits per heavy atom. The molecule has 0 atom stereocenters. The van der Waals surface area contributed by atoms with Crippen molar-refractivity contribution in [3.63, 3.8) is 0 Å². The van der Waals surface area contributed by atoms with Crippen molar-refractivity contribution in [3.8, 4) is 5.75 Å². The van der Waals surface area contributed by atoms with Gasteiger partial charge in [-0.25, -0.2) is 4.79 Å². The van der Waals surface area contributed by atoms with Gasteiger partial charge in [0.25, 0.3) is 0 Å². The summed E-state index contributed by atoms with van der Waals surface area (Å²) in [4.78, 5) is 23.9. The summed E-state index contributed by atoms with van der Waals surface area (Å²) < 4.78 is 10.5. The summed E-state index contributed by atoms with van der Waals surface area (Å²) in [6.07, 6.45) is 3.82. The van der Waals surface area contributed by atoms with Crippen LogP contribution in [-0.4, -0.2) is 18.0 Å². The highest BCUT2D eigenvalue weighted by Crippen LogP contribution is 2.29. The van der Waals surface area contributed by atoms with Crippen LogP contribution in [0, 0.1) is 11.8 Å². The average molecular weight is 304 g/mol. The van der Waals surface area contributed by atoms with Gasteiger partial charge in [-0.1, -0.05) is 6.92 Å². The molecule has 0 aliphatic heterocycles. The van der Waals surface area contributed by atoms with Crippen molar-refractivity contribution < 1.29 is 19.1 Å². The highest BCUT2D eigenvalue weighted by molar-refractivity contribution is 5.89. The lowest BCUT2D eigenvalue weighted by molar-refractivity contribution is -0.140. The molecule has 0 bridgehead atoms. The standard InChI is InChI=1S/C18H24O4/c1-12(2)21-17(19)15-8-10-16(11-9-15)22-18(20)14-6-4-13(3)5-7-14/h8-14H,4-7H2,1-3H3. The van der Waals surface area contributed by atoms with E-state index in [0.717, 1.165) is 25.7 Å². The zero-order valence-electron chi connectivity index (χ0n) is 13.5. The van der Waals surface area contributed by atoms with E-state index in [9.17, 15) is 9.59 Å². The van der Waals surface area contributed by atoms with Crippen LogP contribution in [0.2, 0.25) is 0 Å². The van der Waals surface area contributed by atoms with Crippen LogP contribution >= 0.6 is 0 Å². The zero-order chi connectivity index (χ0) is 16.1. The molecule has 0 saturated heterocycles. The number of rotatable bonds is 4. The van der Waals surface area contributed by atoms with Crippen LogP contribution < -0.4 is 4.74 Å². The second-order valence-electron chi connectivity index (χ2n) is 6.36. The quantitative estimate of drug-likeness (QED) is 0.623. The number of ether oxygens (including phenoxy) is 2. The van der Waals surface area contributed by atoms with Gasteiger partial charge in [-0.3, -0.25) is 4.79 Å². The summed E-state index contributed by atoms with van der Waals surface area (Å²) in [5.41, 5.74) is 0.458. The minimum absolute atomic E-state index is 0.00165. The molecule has 1 aliphatic carbocycles. The third-order valence-electron chi connectivity index (χ3n) is 4.00. The van der Waals surface area contributed by atoms with E-state index in [1.54, 1.807) is 38.1 Å². The highest BCUT2D eigenvalue weighted by Gasteiger charge is 2.26. The Balaban J connectivity index is 1.91. The van der Waals surface area contributed by atoms with Crippen LogP contribution in [0.3, 0.4) is 0 Å². The maximum Gasteiger partial charge on any atom is 0.338 e. The molecule has 0 spiro atoms. The minimum atomic E-state index is -0.367. The molecule has 1 aliphatic rings. The fourth-order valence-electron chi connectivity index (χ4n) is 2.64. The Morgan fingerprint density at radius 2 is 1.64 bits per heavy atom. The molecule has 22 heavy (non-hydrogen) atoms. The number of carbonyl (C=O) groups is 2. The summed E-state index contributed by atoms with van der Waals surface area (Å²) in [6, 6.07) is 6.52. The molecule has 1 fully saturated rings. The Morgan fingerprint density at radius 1 is 1.05 bits per heavy atom. The summed E-state index contributed by atoms with van der Waals surface area (Å²) in [5, 5.41) is 0. The number of hydrogen-bond acceptors (Lipinski definition) is 4. The summed E-state index contributed by atoms with van der Waals surface area (Å²) in [6.45, 7) is 5.83. The van der Waals surface area contributed by atoms with E-state index in [1.165, 1.54) is 0 Å². The average Bonchev–Trinajstić information content (AvgIpc) is 2.48. The van der Waals surface area contributed by atoms with E-state index in [4.69, 9.17) is 9.47 Å². The van der Waals surface area contributed by atoms with Crippen molar-refractivity contribution in [2.75, 3.05) is 0 Å². The van der Waals surface area contributed by atoms with Gasteiger partial charge in [0.15, 0.2) is 0 Å². The van der Waals surface area contributed by atoms with Gasteiger partial charge in [-0.05, 0) is 69.7 Å². The Labute approximate surface area is 131 Å². The van der Waals surface area contributed by atoms with E-state index in [-0.39, 0.29) is 24.0 Å². The number of hydrogen-bond donors (Lipinski definition) is 0. The van der Waals surface area contributed by atoms with Crippen molar-refractivity contribution in [3.05, 3.63) is 29.8 Å². The second-order valence-corrected chi connectivity index (χ2v) is 6.36. The van der Waals surface area contributed by atoms with Crippen molar-refractivity contribution in [1.82, 2.24) is 0 Å². The van der Waals surface area contributed by atoms with E-state index in [2.05, 4.69) is 6.92 Å². The molecule has 1 saturated carbocycles. The lowest BCUT2D eigenvalue weighted by atomic mass is 9.83. The molecule has 4 heteroatoms. The van der Waals surface area contributed by atoms with Crippen LogP contribution in [-0.2, 0) is 9.53 Å². The maximum absolute atomic E-state index is 12.1. The van der Waals surface area contributed by atoms with Gasteiger partial charge in [0.2, 0.25) is 0 Å². The van der Waals surface area contributed by atoms with Crippen LogP contribution in [0.15, 0.2) is 24.3 Å². The van der Waals surface area contributed by atoms with E-state index in [1.807, 2.05) is 0 Å². The second kappa shape index (κ2) is 7.43. The number of benzene rings is 1. The normalized spacial score (nSPS) is 21.5. The van der Waals surface area contributed by atoms with E-state index >= 15 is 0 Å². The first kappa shape index (κ1) is 16.5. The first-order valence-corrected chi connectivity index (χ1v) is 7.98. The molecular weight excluding hydrogens is 280 g/mol. The van der Waals surface area contributed by atoms with E-state index in [0.29, 0.717) is 17.2 Å². The molecule has 2 rings (SSSR count). The molecule has 4 nitrogen and oxygen atoms in total. The minimum Gasteiger partial charge on any atom is -0.459 e. The summed E-state index contributed by atoms with van der Waals surface area (Å²) >= 11 is 0. The molecule has 0 unspecified atom stereocenters. The molecule has 0 amide bonds. The lowest BCUT2D eigenvalue weighted by Gasteiger charge is -2.24. The van der Waals surface area contributed by atoms with Gasteiger partial charge in [-0.15, -0.1) is 0 Å². The summed E-state index contributed by atoms with van der Waals surface area (Å²) in [7, 11) is 0. The molecule has 0 radical (unpaired) electrons. The van der Waals surface area contributed by atoms with Crippen LogP contribution in [0.4, 0.5) is 0 Å². The van der Waals surface area contributed by atoms with Gasteiger partial charge < -0.3 is 9.47 Å². The predicted molar refractivity (Wildman–Crippen MR) is 83.8 cm³/mol. The van der Waals surface area contributed by atoms with Gasteiger partial charge >= 0.3 is 11.9 Å².